The number of aryl methyl sites for hydroxylation is 1. The van der Waals surface area contributed by atoms with Gasteiger partial charge in [0.05, 0.1) is 5.69 Å². The lowest BCUT2D eigenvalue weighted by Crippen LogP contribution is -2.20. The molecule has 0 N–H and O–H groups in total. The average molecular weight is 282 g/mol. The summed E-state index contributed by atoms with van der Waals surface area (Å²) in [5.41, 5.74) is 5.81. The number of nitrogens with zero attached hydrogens (tertiary/aromatic N) is 1. The van der Waals surface area contributed by atoms with Crippen molar-refractivity contribution in [2.45, 2.75) is 40.0 Å². The molecular formula is C14H20BrN. The Balaban J connectivity index is 2.48. The molecular weight excluding hydrogens is 262 g/mol. The van der Waals surface area contributed by atoms with E-state index in [-0.39, 0.29) is 0 Å². The Bertz CT molecular complexity index is 392. The Labute approximate surface area is 107 Å². The second-order valence-corrected chi connectivity index (χ2v) is 5.52. The Morgan fingerprint density at radius 2 is 1.81 bits per heavy atom. The van der Waals surface area contributed by atoms with E-state index >= 15 is 0 Å². The molecule has 1 aromatic rings. The first kappa shape index (κ1) is 12.0. The highest BCUT2D eigenvalue weighted by Gasteiger charge is 2.19. The highest BCUT2D eigenvalue weighted by atomic mass is 79.9. The Morgan fingerprint density at radius 1 is 1.19 bits per heavy atom. The molecule has 0 bridgehead atoms. The number of anilines is 1. The van der Waals surface area contributed by atoms with Gasteiger partial charge in [-0.05, 0) is 71.8 Å². The molecule has 1 heterocycles. The van der Waals surface area contributed by atoms with Gasteiger partial charge in [-0.2, -0.15) is 0 Å². The van der Waals surface area contributed by atoms with E-state index in [0.717, 1.165) is 6.42 Å². The predicted octanol–water partition coefficient (Wildman–Crippen LogP) is 4.23. The number of rotatable bonds is 2. The van der Waals surface area contributed by atoms with Crippen molar-refractivity contribution < 1.29 is 0 Å². The molecule has 1 aliphatic rings. The molecule has 0 spiro atoms. The third kappa shape index (κ3) is 2.00. The molecule has 0 atom stereocenters. The van der Waals surface area contributed by atoms with Crippen LogP contribution in [0.5, 0.6) is 0 Å². The van der Waals surface area contributed by atoms with Crippen LogP contribution < -0.4 is 4.90 Å². The summed E-state index contributed by atoms with van der Waals surface area (Å²) in [7, 11) is 0. The molecule has 2 heteroatoms. The molecule has 2 rings (SSSR count). The van der Waals surface area contributed by atoms with Crippen molar-refractivity contribution >= 4 is 21.6 Å². The highest BCUT2D eigenvalue weighted by molar-refractivity contribution is 9.10. The average Bonchev–Trinajstić information content (AvgIpc) is 2.77. The van der Waals surface area contributed by atoms with E-state index in [1.165, 1.54) is 52.8 Å². The summed E-state index contributed by atoms with van der Waals surface area (Å²) in [6, 6.07) is 2.30. The monoisotopic (exact) mass is 281 g/mol. The van der Waals surface area contributed by atoms with Crippen LogP contribution >= 0.6 is 15.9 Å². The van der Waals surface area contributed by atoms with E-state index in [1.54, 1.807) is 0 Å². The number of hydrogen-bond donors (Lipinski definition) is 0. The van der Waals surface area contributed by atoms with Crippen LogP contribution in [0.2, 0.25) is 0 Å². The number of hydrogen-bond acceptors (Lipinski definition) is 1. The molecule has 0 aromatic heterocycles. The van der Waals surface area contributed by atoms with E-state index in [9.17, 15) is 0 Å². The lowest BCUT2D eigenvalue weighted by atomic mass is 9.99. The van der Waals surface area contributed by atoms with Gasteiger partial charge in [0.15, 0.2) is 0 Å². The largest absolute Gasteiger partial charge is 0.370 e. The second kappa shape index (κ2) is 4.79. The number of benzene rings is 1. The van der Waals surface area contributed by atoms with E-state index in [2.05, 4.69) is 47.7 Å². The summed E-state index contributed by atoms with van der Waals surface area (Å²) in [5, 5.41) is 0. The predicted molar refractivity (Wildman–Crippen MR) is 74.4 cm³/mol. The summed E-state index contributed by atoms with van der Waals surface area (Å²) < 4.78 is 1.27. The Hall–Kier alpha value is -0.500. The van der Waals surface area contributed by atoms with Gasteiger partial charge in [-0.3, -0.25) is 0 Å². The highest BCUT2D eigenvalue weighted by Crippen LogP contribution is 2.36. The Kier molecular flexibility index (Phi) is 3.58. The molecule has 16 heavy (non-hydrogen) atoms. The smallest absolute Gasteiger partial charge is 0.0543 e. The molecule has 1 fully saturated rings. The minimum atomic E-state index is 1.12. The van der Waals surface area contributed by atoms with E-state index in [4.69, 9.17) is 0 Å². The van der Waals surface area contributed by atoms with Crippen molar-refractivity contribution in [2.24, 2.45) is 0 Å². The van der Waals surface area contributed by atoms with Crippen LogP contribution in [-0.4, -0.2) is 13.1 Å². The zero-order chi connectivity index (χ0) is 11.7. The van der Waals surface area contributed by atoms with Crippen LogP contribution in [0, 0.1) is 13.8 Å². The molecule has 88 valence electrons. The van der Waals surface area contributed by atoms with Crippen molar-refractivity contribution in [3.05, 3.63) is 27.2 Å². The summed E-state index contributed by atoms with van der Waals surface area (Å²) in [4.78, 5) is 2.52. The van der Waals surface area contributed by atoms with Crippen molar-refractivity contribution in [3.63, 3.8) is 0 Å². The summed E-state index contributed by atoms with van der Waals surface area (Å²) >= 11 is 3.74. The van der Waals surface area contributed by atoms with Gasteiger partial charge in [-0.1, -0.05) is 6.92 Å². The van der Waals surface area contributed by atoms with Gasteiger partial charge in [0.1, 0.15) is 0 Å². The van der Waals surface area contributed by atoms with Crippen molar-refractivity contribution in [1.29, 1.82) is 0 Å². The van der Waals surface area contributed by atoms with Crippen LogP contribution in [0.25, 0.3) is 0 Å². The quantitative estimate of drug-likeness (QED) is 0.784. The maximum atomic E-state index is 3.74. The van der Waals surface area contributed by atoms with Gasteiger partial charge < -0.3 is 4.90 Å². The fourth-order valence-electron chi connectivity index (χ4n) is 2.62. The summed E-state index contributed by atoms with van der Waals surface area (Å²) in [5.74, 6) is 0. The fraction of sp³-hybridized carbons (Fsp3) is 0.571. The van der Waals surface area contributed by atoms with Gasteiger partial charge in [-0.15, -0.1) is 0 Å². The zero-order valence-electron chi connectivity index (χ0n) is 10.4. The SMILES string of the molecule is CCc1cc(Br)c(N2CCCC2)c(C)c1C. The molecule has 1 aromatic carbocycles. The van der Waals surface area contributed by atoms with Crippen LogP contribution in [0.4, 0.5) is 5.69 Å². The summed E-state index contributed by atoms with van der Waals surface area (Å²) in [6.45, 7) is 9.16. The topological polar surface area (TPSA) is 3.24 Å². The molecule has 0 unspecified atom stereocenters. The van der Waals surface area contributed by atoms with Gasteiger partial charge in [-0.25, -0.2) is 0 Å². The fourth-order valence-corrected chi connectivity index (χ4v) is 3.45. The minimum Gasteiger partial charge on any atom is -0.370 e. The van der Waals surface area contributed by atoms with Crippen LogP contribution in [-0.2, 0) is 6.42 Å². The maximum Gasteiger partial charge on any atom is 0.0543 e. The van der Waals surface area contributed by atoms with Gasteiger partial charge in [0.25, 0.3) is 0 Å². The zero-order valence-corrected chi connectivity index (χ0v) is 12.0. The van der Waals surface area contributed by atoms with Crippen LogP contribution in [0.1, 0.15) is 36.5 Å². The molecule has 0 aliphatic carbocycles. The van der Waals surface area contributed by atoms with E-state index in [0.29, 0.717) is 0 Å². The maximum absolute atomic E-state index is 3.74. The lowest BCUT2D eigenvalue weighted by molar-refractivity contribution is 0.949. The van der Waals surface area contributed by atoms with E-state index < -0.39 is 0 Å². The van der Waals surface area contributed by atoms with Crippen LogP contribution in [0.15, 0.2) is 10.5 Å². The normalized spacial score (nSPS) is 15.9. The van der Waals surface area contributed by atoms with Gasteiger partial charge in [0, 0.05) is 17.6 Å². The second-order valence-electron chi connectivity index (χ2n) is 4.66. The molecule has 1 saturated heterocycles. The molecule has 0 radical (unpaired) electrons. The molecule has 1 nitrogen and oxygen atoms in total. The van der Waals surface area contributed by atoms with E-state index in [1.807, 2.05) is 0 Å². The third-order valence-corrected chi connectivity index (χ3v) is 4.33. The lowest BCUT2D eigenvalue weighted by Gasteiger charge is -2.24. The first-order chi connectivity index (χ1) is 7.65. The van der Waals surface area contributed by atoms with Gasteiger partial charge >= 0.3 is 0 Å². The number of halogens is 1. The van der Waals surface area contributed by atoms with Gasteiger partial charge in [0.2, 0.25) is 0 Å². The van der Waals surface area contributed by atoms with Crippen molar-refractivity contribution in [3.8, 4) is 0 Å². The molecule has 1 aliphatic heterocycles. The Morgan fingerprint density at radius 3 is 2.38 bits per heavy atom. The first-order valence-electron chi connectivity index (χ1n) is 6.18. The summed E-state index contributed by atoms with van der Waals surface area (Å²) in [6.07, 6.45) is 3.78. The van der Waals surface area contributed by atoms with Crippen molar-refractivity contribution in [2.75, 3.05) is 18.0 Å². The minimum absolute atomic E-state index is 1.12. The van der Waals surface area contributed by atoms with Crippen LogP contribution in [0.3, 0.4) is 0 Å². The molecule has 0 saturated carbocycles. The van der Waals surface area contributed by atoms with Crippen molar-refractivity contribution in [1.82, 2.24) is 0 Å². The molecule has 0 amide bonds. The third-order valence-electron chi connectivity index (χ3n) is 3.73. The first-order valence-corrected chi connectivity index (χ1v) is 6.98. The standard InChI is InChI=1S/C14H20BrN/c1-4-12-9-13(15)14(11(3)10(12)2)16-7-5-6-8-16/h9H,4-8H2,1-3H3.